The normalized spacial score (nSPS) is 17.9. The molecule has 1 aromatic rings. The van der Waals surface area contributed by atoms with Gasteiger partial charge in [0.15, 0.2) is 0 Å². The van der Waals surface area contributed by atoms with E-state index in [2.05, 4.69) is 4.99 Å². The predicted molar refractivity (Wildman–Crippen MR) is 68.4 cm³/mol. The third-order valence-corrected chi connectivity index (χ3v) is 4.98. The second kappa shape index (κ2) is 3.99. The summed E-state index contributed by atoms with van der Waals surface area (Å²) in [6, 6.07) is 5.23. The number of nitrogens with zero attached hydrogens (tertiary/aromatic N) is 2. The van der Waals surface area contributed by atoms with Gasteiger partial charge in [-0.15, -0.1) is 0 Å². The fourth-order valence-electron chi connectivity index (χ4n) is 1.61. The van der Waals surface area contributed by atoms with Crippen molar-refractivity contribution >= 4 is 32.6 Å². The number of rotatable bonds is 1. The lowest BCUT2D eigenvalue weighted by atomic mass is 10.0. The molecular formula is C11H13ClN2O2S. The van der Waals surface area contributed by atoms with Crippen molar-refractivity contribution in [3.8, 4) is 0 Å². The van der Waals surface area contributed by atoms with Crippen molar-refractivity contribution in [2.45, 2.75) is 24.7 Å². The Morgan fingerprint density at radius 2 is 2.00 bits per heavy atom. The quantitative estimate of drug-likeness (QED) is 0.738. The Morgan fingerprint density at radius 1 is 1.35 bits per heavy atom. The molecule has 0 spiro atoms. The number of sulfonamides is 1. The van der Waals surface area contributed by atoms with Gasteiger partial charge in [0, 0.05) is 7.05 Å². The van der Waals surface area contributed by atoms with Crippen molar-refractivity contribution in [3.05, 3.63) is 23.8 Å². The summed E-state index contributed by atoms with van der Waals surface area (Å²) < 4.78 is 25.3. The summed E-state index contributed by atoms with van der Waals surface area (Å²) in [5, 5.41) is -0.0326. The number of hydrogen-bond donors (Lipinski definition) is 0. The standard InChI is InChI=1S/C11H13ClN2O2S/c1-7(2)8-4-5-9-10(6-8)17(15,16)14(3)11(12)13-9/h4-7H,1-3H3. The van der Waals surface area contributed by atoms with Crippen LogP contribution in [0.2, 0.25) is 0 Å². The van der Waals surface area contributed by atoms with Crippen LogP contribution in [0.15, 0.2) is 28.1 Å². The minimum absolute atomic E-state index is 0.0326. The molecule has 1 aliphatic rings. The van der Waals surface area contributed by atoms with Gasteiger partial charge in [0.1, 0.15) is 4.90 Å². The van der Waals surface area contributed by atoms with Crippen LogP contribution in [-0.4, -0.2) is 25.1 Å². The maximum Gasteiger partial charge on any atom is 0.268 e. The second-order valence-electron chi connectivity index (χ2n) is 4.24. The third-order valence-electron chi connectivity index (χ3n) is 2.76. The summed E-state index contributed by atoms with van der Waals surface area (Å²) >= 11 is 5.78. The van der Waals surface area contributed by atoms with E-state index in [1.165, 1.54) is 7.05 Å². The monoisotopic (exact) mass is 272 g/mol. The van der Waals surface area contributed by atoms with E-state index in [-0.39, 0.29) is 16.1 Å². The molecule has 1 aliphatic heterocycles. The molecule has 2 rings (SSSR count). The number of benzene rings is 1. The van der Waals surface area contributed by atoms with E-state index in [0.717, 1.165) is 9.87 Å². The first-order valence-corrected chi connectivity index (χ1v) is 7.03. The van der Waals surface area contributed by atoms with Gasteiger partial charge in [0.25, 0.3) is 10.0 Å². The maximum atomic E-state index is 12.1. The Labute approximate surface area is 106 Å². The first kappa shape index (κ1) is 12.4. The number of amidine groups is 1. The van der Waals surface area contributed by atoms with Gasteiger partial charge in [-0.1, -0.05) is 19.9 Å². The van der Waals surface area contributed by atoms with Gasteiger partial charge in [-0.2, -0.15) is 0 Å². The van der Waals surface area contributed by atoms with Crippen molar-refractivity contribution in [2.24, 2.45) is 4.99 Å². The molecule has 0 saturated heterocycles. The van der Waals surface area contributed by atoms with Gasteiger partial charge < -0.3 is 0 Å². The van der Waals surface area contributed by atoms with Crippen molar-refractivity contribution in [2.75, 3.05) is 7.05 Å². The van der Waals surface area contributed by atoms with E-state index in [4.69, 9.17) is 11.6 Å². The van der Waals surface area contributed by atoms with Crippen molar-refractivity contribution in [3.63, 3.8) is 0 Å². The SMILES string of the molecule is CC(C)c1ccc2c(c1)S(=O)(=O)N(C)C(Cl)=N2. The first-order chi connectivity index (χ1) is 7.84. The molecule has 0 atom stereocenters. The molecule has 1 heterocycles. The molecule has 0 saturated carbocycles. The summed E-state index contributed by atoms with van der Waals surface area (Å²) in [6.45, 7) is 4.02. The molecule has 0 amide bonds. The number of aliphatic imine (C=N–C) groups is 1. The van der Waals surface area contributed by atoms with Crippen LogP contribution in [0.3, 0.4) is 0 Å². The van der Waals surface area contributed by atoms with Crippen LogP contribution >= 0.6 is 11.6 Å². The molecule has 0 radical (unpaired) electrons. The highest BCUT2D eigenvalue weighted by atomic mass is 35.5. The van der Waals surface area contributed by atoms with E-state index in [1.807, 2.05) is 19.9 Å². The molecule has 4 nitrogen and oxygen atoms in total. The van der Waals surface area contributed by atoms with Gasteiger partial charge in [-0.3, -0.25) is 0 Å². The van der Waals surface area contributed by atoms with Crippen molar-refractivity contribution in [1.82, 2.24) is 4.31 Å². The van der Waals surface area contributed by atoms with Crippen molar-refractivity contribution < 1.29 is 8.42 Å². The van der Waals surface area contributed by atoms with Crippen LogP contribution in [0.4, 0.5) is 5.69 Å². The fourth-order valence-corrected chi connectivity index (χ4v) is 3.17. The molecule has 17 heavy (non-hydrogen) atoms. The summed E-state index contributed by atoms with van der Waals surface area (Å²) in [4.78, 5) is 4.27. The number of fused-ring (bicyclic) bond motifs is 1. The lowest BCUT2D eigenvalue weighted by Crippen LogP contribution is -2.32. The molecule has 0 fully saturated rings. The highest BCUT2D eigenvalue weighted by Gasteiger charge is 2.30. The third kappa shape index (κ3) is 1.93. The van der Waals surface area contributed by atoms with Gasteiger partial charge in [0.2, 0.25) is 5.29 Å². The largest absolute Gasteiger partial charge is 0.268 e. The number of hydrogen-bond acceptors (Lipinski definition) is 3. The van der Waals surface area contributed by atoms with E-state index in [1.54, 1.807) is 12.1 Å². The van der Waals surface area contributed by atoms with E-state index in [9.17, 15) is 8.42 Å². The van der Waals surface area contributed by atoms with Crippen LogP contribution in [0, 0.1) is 0 Å². The van der Waals surface area contributed by atoms with Crippen LogP contribution < -0.4 is 0 Å². The highest BCUT2D eigenvalue weighted by molar-refractivity contribution is 7.90. The zero-order chi connectivity index (χ0) is 12.8. The summed E-state index contributed by atoms with van der Waals surface area (Å²) in [7, 11) is -2.16. The van der Waals surface area contributed by atoms with Crippen LogP contribution in [0.1, 0.15) is 25.3 Å². The zero-order valence-electron chi connectivity index (χ0n) is 9.81. The number of halogens is 1. The minimum atomic E-state index is -3.56. The Hall–Kier alpha value is -1.07. The van der Waals surface area contributed by atoms with Gasteiger partial charge in [-0.25, -0.2) is 17.7 Å². The second-order valence-corrected chi connectivity index (χ2v) is 6.51. The van der Waals surface area contributed by atoms with Crippen LogP contribution in [-0.2, 0) is 10.0 Å². The Morgan fingerprint density at radius 3 is 2.59 bits per heavy atom. The Bertz CT molecular complexity index is 593. The molecule has 0 aliphatic carbocycles. The lowest BCUT2D eigenvalue weighted by Gasteiger charge is -2.23. The molecule has 0 N–H and O–H groups in total. The highest BCUT2D eigenvalue weighted by Crippen LogP contribution is 2.34. The van der Waals surface area contributed by atoms with E-state index >= 15 is 0 Å². The van der Waals surface area contributed by atoms with Gasteiger partial charge in [-0.05, 0) is 35.2 Å². The van der Waals surface area contributed by atoms with E-state index < -0.39 is 10.0 Å². The summed E-state index contributed by atoms with van der Waals surface area (Å²) in [5.41, 5.74) is 1.37. The fraction of sp³-hybridized carbons (Fsp3) is 0.364. The molecule has 6 heteroatoms. The van der Waals surface area contributed by atoms with Crippen molar-refractivity contribution in [1.29, 1.82) is 0 Å². The first-order valence-electron chi connectivity index (χ1n) is 5.21. The minimum Gasteiger partial charge on any atom is -0.243 e. The smallest absolute Gasteiger partial charge is 0.243 e. The van der Waals surface area contributed by atoms with E-state index in [0.29, 0.717) is 5.69 Å². The predicted octanol–water partition coefficient (Wildman–Crippen LogP) is 2.67. The zero-order valence-corrected chi connectivity index (χ0v) is 11.4. The topological polar surface area (TPSA) is 49.7 Å². The average Bonchev–Trinajstić information content (AvgIpc) is 2.26. The van der Waals surface area contributed by atoms with Gasteiger partial charge >= 0.3 is 0 Å². The molecule has 92 valence electrons. The summed E-state index contributed by atoms with van der Waals surface area (Å²) in [6.07, 6.45) is 0. The molecule has 1 aromatic carbocycles. The van der Waals surface area contributed by atoms with Gasteiger partial charge in [0.05, 0.1) is 5.69 Å². The Kier molecular flexibility index (Phi) is 2.91. The Balaban J connectivity index is 2.71. The molecule has 0 unspecified atom stereocenters. The molecular weight excluding hydrogens is 260 g/mol. The molecule has 0 bridgehead atoms. The average molecular weight is 273 g/mol. The summed E-state index contributed by atoms with van der Waals surface area (Å²) in [5.74, 6) is 0.266. The van der Waals surface area contributed by atoms with Crippen LogP contribution in [0.5, 0.6) is 0 Å². The molecule has 0 aromatic heterocycles. The van der Waals surface area contributed by atoms with Crippen LogP contribution in [0.25, 0.3) is 0 Å². The lowest BCUT2D eigenvalue weighted by molar-refractivity contribution is 0.552. The maximum absolute atomic E-state index is 12.1.